The van der Waals surface area contributed by atoms with Crippen LogP contribution in [0.3, 0.4) is 0 Å². The molecule has 0 aromatic heterocycles. The lowest BCUT2D eigenvalue weighted by Crippen LogP contribution is -2.69. The fraction of sp³-hybridized carbons (Fsp3) is 0.548. The van der Waals surface area contributed by atoms with E-state index in [2.05, 4.69) is 10.2 Å². The van der Waals surface area contributed by atoms with E-state index in [-0.39, 0.29) is 30.6 Å². The van der Waals surface area contributed by atoms with E-state index >= 15 is 0 Å². The molecule has 3 amide bonds. The number of amides is 3. The van der Waals surface area contributed by atoms with Crippen molar-refractivity contribution >= 4 is 11.9 Å². The first-order valence-electron chi connectivity index (χ1n) is 14.4. The molecule has 2 aromatic carbocycles. The number of hydrogen-bond acceptors (Lipinski definition) is 3. The fourth-order valence-electron chi connectivity index (χ4n) is 7.69. The van der Waals surface area contributed by atoms with Crippen molar-refractivity contribution in [3.05, 3.63) is 70.3 Å². The number of nitrogens with zero attached hydrogens (tertiary/aromatic N) is 3. The standard InChI is InChI=1S/C31H36F6N4O2/c1-19-7-5-6-8-24(19)29(20(2)21-15-22(30(32,33)34)17-23(16-21)31(35,36)37)25-18-28(9-11-39(4)12-10-28)26(42)40(25)13-14-41(29)27(43)38-3/h5-8,15-17,20,25H,9-14,18H2,1-4H3,(H,38,43)/t20-,25?,29?/m1/s1. The van der Waals surface area contributed by atoms with Crippen LogP contribution in [-0.4, -0.2) is 73.0 Å². The van der Waals surface area contributed by atoms with Gasteiger partial charge in [0.25, 0.3) is 0 Å². The van der Waals surface area contributed by atoms with Gasteiger partial charge >= 0.3 is 18.4 Å². The van der Waals surface area contributed by atoms with E-state index in [4.69, 9.17) is 0 Å². The van der Waals surface area contributed by atoms with Gasteiger partial charge in [0, 0.05) is 26.1 Å². The summed E-state index contributed by atoms with van der Waals surface area (Å²) < 4.78 is 84.1. The molecule has 0 bridgehead atoms. The summed E-state index contributed by atoms with van der Waals surface area (Å²) in [5.41, 5.74) is -3.95. The number of nitrogens with one attached hydrogen (secondary N) is 1. The summed E-state index contributed by atoms with van der Waals surface area (Å²) in [7, 11) is 3.41. The van der Waals surface area contributed by atoms with Gasteiger partial charge < -0.3 is 20.0 Å². The van der Waals surface area contributed by atoms with Crippen LogP contribution in [0.15, 0.2) is 42.5 Å². The van der Waals surface area contributed by atoms with E-state index in [9.17, 15) is 35.9 Å². The number of benzene rings is 2. The Bertz CT molecular complexity index is 1370. The molecule has 234 valence electrons. The summed E-state index contributed by atoms with van der Waals surface area (Å²) in [6.07, 6.45) is -8.58. The minimum absolute atomic E-state index is 0.0572. The second kappa shape index (κ2) is 10.7. The lowest BCUT2D eigenvalue weighted by molar-refractivity contribution is -0.143. The summed E-state index contributed by atoms with van der Waals surface area (Å²) in [4.78, 5) is 33.3. The molecule has 0 saturated carbocycles. The third-order valence-corrected chi connectivity index (χ3v) is 9.94. The van der Waals surface area contributed by atoms with Crippen molar-refractivity contribution in [3.8, 4) is 0 Å². The Balaban J connectivity index is 1.80. The van der Waals surface area contributed by atoms with Crippen LogP contribution >= 0.6 is 0 Å². The number of aryl methyl sites for hydroxylation is 1. The zero-order valence-electron chi connectivity index (χ0n) is 24.6. The van der Waals surface area contributed by atoms with Crippen molar-refractivity contribution in [3.63, 3.8) is 0 Å². The molecule has 5 rings (SSSR count). The first-order valence-corrected chi connectivity index (χ1v) is 14.4. The second-order valence-electron chi connectivity index (χ2n) is 12.2. The summed E-state index contributed by atoms with van der Waals surface area (Å²) >= 11 is 0. The number of likely N-dealkylation sites (tertiary alicyclic amines) is 1. The maximum Gasteiger partial charge on any atom is 0.416 e. The Morgan fingerprint density at radius 2 is 1.53 bits per heavy atom. The van der Waals surface area contributed by atoms with E-state index in [1.807, 2.05) is 7.05 Å². The number of piperazine rings is 1. The number of fused-ring (bicyclic) bond motifs is 1. The van der Waals surface area contributed by atoms with Crippen LogP contribution in [0, 0.1) is 12.3 Å². The predicted octanol–water partition coefficient (Wildman–Crippen LogP) is 6.00. The van der Waals surface area contributed by atoms with Gasteiger partial charge in [-0.3, -0.25) is 4.79 Å². The highest BCUT2D eigenvalue weighted by atomic mass is 19.4. The Labute approximate surface area is 247 Å². The molecule has 3 aliphatic heterocycles. The van der Waals surface area contributed by atoms with Crippen molar-refractivity contribution < 1.29 is 35.9 Å². The van der Waals surface area contributed by atoms with Crippen LogP contribution in [0.4, 0.5) is 31.1 Å². The zero-order chi connectivity index (χ0) is 31.5. The van der Waals surface area contributed by atoms with Crippen LogP contribution in [-0.2, 0) is 22.7 Å². The SMILES string of the molecule is CNC(=O)N1CCN2C(=O)C3(CCN(C)CC3)CC2C1(c1ccccc1C)[C@H](C)c1cc(C(F)(F)F)cc(C(F)(F)F)c1. The van der Waals surface area contributed by atoms with Crippen LogP contribution < -0.4 is 5.32 Å². The van der Waals surface area contributed by atoms with Crippen molar-refractivity contribution in [1.29, 1.82) is 0 Å². The number of halogens is 6. The van der Waals surface area contributed by atoms with E-state index in [0.29, 0.717) is 43.5 Å². The van der Waals surface area contributed by atoms with Gasteiger partial charge in [0.15, 0.2) is 0 Å². The highest BCUT2D eigenvalue weighted by Crippen LogP contribution is 2.57. The molecule has 43 heavy (non-hydrogen) atoms. The molecule has 2 aromatic rings. The van der Waals surface area contributed by atoms with Crippen LogP contribution in [0.2, 0.25) is 0 Å². The van der Waals surface area contributed by atoms with E-state index in [0.717, 1.165) is 12.1 Å². The second-order valence-corrected chi connectivity index (χ2v) is 12.2. The molecule has 2 unspecified atom stereocenters. The number of hydrogen-bond donors (Lipinski definition) is 1. The first-order chi connectivity index (χ1) is 20.1. The summed E-state index contributed by atoms with van der Waals surface area (Å²) in [6, 6.07) is 7.52. The van der Waals surface area contributed by atoms with Crippen molar-refractivity contribution in [1.82, 2.24) is 20.0 Å². The monoisotopic (exact) mass is 610 g/mol. The van der Waals surface area contributed by atoms with E-state index in [1.54, 1.807) is 43.0 Å². The molecular weight excluding hydrogens is 574 g/mol. The molecule has 12 heteroatoms. The fourth-order valence-corrected chi connectivity index (χ4v) is 7.69. The van der Waals surface area contributed by atoms with Crippen LogP contribution in [0.5, 0.6) is 0 Å². The van der Waals surface area contributed by atoms with Gasteiger partial charge in [0.2, 0.25) is 5.91 Å². The molecular formula is C31H36F6N4O2. The Morgan fingerprint density at radius 3 is 2.07 bits per heavy atom. The summed E-state index contributed by atoms with van der Waals surface area (Å²) in [5.74, 6) is -1.14. The molecule has 1 N–H and O–H groups in total. The van der Waals surface area contributed by atoms with Gasteiger partial charge in [0.05, 0.1) is 28.1 Å². The average molecular weight is 611 g/mol. The largest absolute Gasteiger partial charge is 0.416 e. The highest BCUT2D eigenvalue weighted by molar-refractivity contribution is 5.87. The van der Waals surface area contributed by atoms with Crippen LogP contribution in [0.1, 0.15) is 59.9 Å². The number of alkyl halides is 6. The quantitative estimate of drug-likeness (QED) is 0.434. The summed E-state index contributed by atoms with van der Waals surface area (Å²) in [5, 5.41) is 2.64. The van der Waals surface area contributed by atoms with Crippen molar-refractivity contribution in [2.75, 3.05) is 40.3 Å². The van der Waals surface area contributed by atoms with Gasteiger partial charge in [-0.05, 0) is 81.2 Å². The molecule has 0 aliphatic carbocycles. The van der Waals surface area contributed by atoms with Crippen LogP contribution in [0.25, 0.3) is 0 Å². The number of urea groups is 1. The van der Waals surface area contributed by atoms with Gasteiger partial charge in [-0.2, -0.15) is 26.3 Å². The minimum Gasteiger partial charge on any atom is -0.341 e. The number of piperidine rings is 1. The van der Waals surface area contributed by atoms with Gasteiger partial charge in [-0.1, -0.05) is 31.2 Å². The Morgan fingerprint density at radius 1 is 0.953 bits per heavy atom. The summed E-state index contributed by atoms with van der Waals surface area (Å²) in [6.45, 7) is 5.01. The maximum absolute atomic E-state index is 14.2. The molecule has 3 fully saturated rings. The average Bonchev–Trinajstić information content (AvgIpc) is 3.23. The van der Waals surface area contributed by atoms with Gasteiger partial charge in [0.1, 0.15) is 0 Å². The van der Waals surface area contributed by atoms with E-state index in [1.165, 1.54) is 11.9 Å². The van der Waals surface area contributed by atoms with Gasteiger partial charge in [-0.25, -0.2) is 4.79 Å². The maximum atomic E-state index is 14.2. The Kier molecular flexibility index (Phi) is 7.76. The molecule has 1 spiro atoms. The third-order valence-electron chi connectivity index (χ3n) is 9.94. The molecule has 3 heterocycles. The lowest BCUT2D eigenvalue weighted by Gasteiger charge is -2.57. The zero-order valence-corrected chi connectivity index (χ0v) is 24.6. The Hall–Kier alpha value is -3.28. The normalized spacial score (nSPS) is 25.2. The molecule has 3 aliphatic rings. The smallest absolute Gasteiger partial charge is 0.341 e. The molecule has 3 saturated heterocycles. The molecule has 3 atom stereocenters. The topological polar surface area (TPSA) is 55.9 Å². The first kappa shape index (κ1) is 31.2. The number of carbonyl (C=O) groups excluding carboxylic acids is 2. The van der Waals surface area contributed by atoms with Gasteiger partial charge in [-0.15, -0.1) is 0 Å². The minimum atomic E-state index is -5.04. The number of rotatable bonds is 3. The third kappa shape index (κ3) is 5.05. The van der Waals surface area contributed by atoms with E-state index < -0.39 is 52.4 Å². The lowest BCUT2D eigenvalue weighted by atomic mass is 9.64. The molecule has 0 radical (unpaired) electrons. The molecule has 6 nitrogen and oxygen atoms in total. The van der Waals surface area contributed by atoms with Crippen molar-refractivity contribution in [2.24, 2.45) is 5.41 Å². The predicted molar refractivity (Wildman–Crippen MR) is 148 cm³/mol. The van der Waals surface area contributed by atoms with Crippen molar-refractivity contribution in [2.45, 2.75) is 63.0 Å². The highest BCUT2D eigenvalue weighted by Gasteiger charge is 2.65. The number of carbonyl (C=O) groups is 2.